The number of aromatic nitrogens is 2. The quantitative estimate of drug-likeness (QED) is 0.526. The van der Waals surface area contributed by atoms with Gasteiger partial charge in [0.2, 0.25) is 5.88 Å². The third-order valence-corrected chi connectivity index (χ3v) is 4.41. The molecule has 0 fully saturated rings. The fourth-order valence-electron chi connectivity index (χ4n) is 2.74. The molecule has 0 aliphatic rings. The van der Waals surface area contributed by atoms with Gasteiger partial charge in [-0.3, -0.25) is 4.57 Å². The SMILES string of the molecule is C#CCn1cc(O)n(COC(=O)C(Nc2ccc(C(F)(F)F)cc2C)C(C)C)c1=O. The van der Waals surface area contributed by atoms with Gasteiger partial charge >= 0.3 is 17.8 Å². The van der Waals surface area contributed by atoms with E-state index in [0.717, 1.165) is 27.5 Å². The number of terminal acetylenes is 1. The van der Waals surface area contributed by atoms with E-state index in [1.54, 1.807) is 13.8 Å². The number of nitrogens with zero attached hydrogens (tertiary/aromatic N) is 2. The number of ether oxygens (including phenoxy) is 1. The van der Waals surface area contributed by atoms with Gasteiger partial charge in [-0.2, -0.15) is 13.2 Å². The first kappa shape index (κ1) is 22.9. The van der Waals surface area contributed by atoms with Crippen LogP contribution in [0, 0.1) is 25.2 Å². The Morgan fingerprint density at radius 1 is 1.37 bits per heavy atom. The number of nitrogens with one attached hydrogen (secondary N) is 1. The number of anilines is 1. The highest BCUT2D eigenvalue weighted by Crippen LogP contribution is 2.32. The minimum Gasteiger partial charge on any atom is -0.493 e. The number of hydrogen-bond acceptors (Lipinski definition) is 5. The fourth-order valence-corrected chi connectivity index (χ4v) is 2.74. The van der Waals surface area contributed by atoms with Gasteiger partial charge in [0.25, 0.3) is 0 Å². The summed E-state index contributed by atoms with van der Waals surface area (Å²) in [5.41, 5.74) is -0.784. The summed E-state index contributed by atoms with van der Waals surface area (Å²) in [6, 6.07) is 2.25. The number of halogens is 3. The molecule has 2 rings (SSSR count). The first-order valence-corrected chi connectivity index (χ1v) is 8.99. The van der Waals surface area contributed by atoms with Crippen LogP contribution < -0.4 is 11.0 Å². The normalized spacial score (nSPS) is 12.5. The average molecular weight is 425 g/mol. The Balaban J connectivity index is 2.15. The van der Waals surface area contributed by atoms with Crippen LogP contribution in [0.25, 0.3) is 0 Å². The number of rotatable bonds is 7. The maximum Gasteiger partial charge on any atom is 0.416 e. The minimum atomic E-state index is -4.47. The molecule has 162 valence electrons. The summed E-state index contributed by atoms with van der Waals surface area (Å²) in [5.74, 6) is 0.821. The number of esters is 1. The van der Waals surface area contributed by atoms with Gasteiger partial charge in [-0.15, -0.1) is 6.42 Å². The Hall–Kier alpha value is -3.35. The zero-order valence-electron chi connectivity index (χ0n) is 16.7. The van der Waals surface area contributed by atoms with Crippen LogP contribution in [-0.2, 0) is 29.0 Å². The average Bonchev–Trinajstić information content (AvgIpc) is 2.91. The van der Waals surface area contributed by atoms with E-state index in [1.807, 2.05) is 0 Å². The van der Waals surface area contributed by atoms with Crippen LogP contribution in [0.2, 0.25) is 0 Å². The van der Waals surface area contributed by atoms with Gasteiger partial charge in [0, 0.05) is 5.69 Å². The summed E-state index contributed by atoms with van der Waals surface area (Å²) in [7, 11) is 0. The number of aryl methyl sites for hydroxylation is 1. The Bertz CT molecular complexity index is 1020. The third kappa shape index (κ3) is 5.17. The predicted molar refractivity (Wildman–Crippen MR) is 104 cm³/mol. The topological polar surface area (TPSA) is 85.5 Å². The molecule has 1 atom stereocenters. The van der Waals surface area contributed by atoms with Gasteiger partial charge in [0.15, 0.2) is 6.73 Å². The molecule has 1 aromatic heterocycles. The van der Waals surface area contributed by atoms with Crippen molar-refractivity contribution < 1.29 is 27.8 Å². The summed E-state index contributed by atoms with van der Waals surface area (Å²) < 4.78 is 45.6. The molecule has 0 bridgehead atoms. The van der Waals surface area contributed by atoms with Crippen LogP contribution >= 0.6 is 0 Å². The molecule has 2 aromatic rings. The standard InChI is InChI=1S/C20H22F3N3O4/c1-5-8-25-10-16(27)26(19(25)29)11-30-18(28)17(12(2)3)24-15-7-6-14(9-13(15)4)20(21,22)23/h1,6-7,9-10,12,17,24,27H,8,11H2,2-4H3. The van der Waals surface area contributed by atoms with Crippen molar-refractivity contribution in [1.82, 2.24) is 9.13 Å². The van der Waals surface area contributed by atoms with E-state index in [-0.39, 0.29) is 12.5 Å². The van der Waals surface area contributed by atoms with Crippen molar-refractivity contribution in [2.75, 3.05) is 5.32 Å². The van der Waals surface area contributed by atoms with Crippen molar-refractivity contribution in [3.63, 3.8) is 0 Å². The lowest BCUT2D eigenvalue weighted by Crippen LogP contribution is -2.37. The highest BCUT2D eigenvalue weighted by atomic mass is 19.4. The summed E-state index contributed by atoms with van der Waals surface area (Å²) in [6.45, 7) is 4.34. The second kappa shape index (κ2) is 8.98. The Labute approximate surface area is 171 Å². The maximum absolute atomic E-state index is 12.8. The zero-order chi connectivity index (χ0) is 22.6. The molecule has 1 unspecified atom stereocenters. The molecule has 0 saturated heterocycles. The number of hydrogen-bond donors (Lipinski definition) is 2. The van der Waals surface area contributed by atoms with E-state index in [2.05, 4.69) is 11.2 Å². The molecule has 1 heterocycles. The summed E-state index contributed by atoms with van der Waals surface area (Å²) in [4.78, 5) is 24.7. The first-order valence-electron chi connectivity index (χ1n) is 8.99. The van der Waals surface area contributed by atoms with Gasteiger partial charge in [0.1, 0.15) is 6.04 Å². The molecule has 7 nitrogen and oxygen atoms in total. The van der Waals surface area contributed by atoms with E-state index in [0.29, 0.717) is 11.3 Å². The number of benzene rings is 1. The molecule has 0 radical (unpaired) electrons. The molecule has 30 heavy (non-hydrogen) atoms. The molecule has 10 heteroatoms. The van der Waals surface area contributed by atoms with Gasteiger partial charge in [-0.25, -0.2) is 14.2 Å². The second-order valence-electron chi connectivity index (χ2n) is 7.02. The molecule has 0 aliphatic carbocycles. The molecule has 0 aliphatic heterocycles. The number of alkyl halides is 3. The summed E-state index contributed by atoms with van der Waals surface area (Å²) >= 11 is 0. The third-order valence-electron chi connectivity index (χ3n) is 4.41. The van der Waals surface area contributed by atoms with Crippen LogP contribution in [0.4, 0.5) is 18.9 Å². The Kier molecular flexibility index (Phi) is 6.87. The number of imidazole rings is 1. The van der Waals surface area contributed by atoms with Crippen molar-refractivity contribution in [2.24, 2.45) is 5.92 Å². The summed E-state index contributed by atoms with van der Waals surface area (Å²) in [6.07, 6.45) is 1.80. The number of aromatic hydroxyl groups is 1. The van der Waals surface area contributed by atoms with Crippen molar-refractivity contribution in [3.8, 4) is 18.2 Å². The van der Waals surface area contributed by atoms with Crippen LogP contribution in [0.1, 0.15) is 25.0 Å². The first-order chi connectivity index (χ1) is 14.0. The van der Waals surface area contributed by atoms with Crippen LogP contribution in [0.15, 0.2) is 29.2 Å². The second-order valence-corrected chi connectivity index (χ2v) is 7.02. The molecule has 0 amide bonds. The van der Waals surface area contributed by atoms with Gasteiger partial charge in [0.05, 0.1) is 18.3 Å². The van der Waals surface area contributed by atoms with Crippen molar-refractivity contribution >= 4 is 11.7 Å². The smallest absolute Gasteiger partial charge is 0.416 e. The van der Waals surface area contributed by atoms with Crippen LogP contribution in [-0.4, -0.2) is 26.3 Å². The zero-order valence-corrected chi connectivity index (χ0v) is 16.7. The molecule has 1 aromatic carbocycles. The number of carbonyl (C=O) groups excluding carboxylic acids is 1. The fraction of sp³-hybridized carbons (Fsp3) is 0.400. The van der Waals surface area contributed by atoms with Crippen molar-refractivity contribution in [1.29, 1.82) is 0 Å². The summed E-state index contributed by atoms with van der Waals surface area (Å²) in [5, 5.41) is 12.7. The Morgan fingerprint density at radius 3 is 2.57 bits per heavy atom. The maximum atomic E-state index is 12.8. The predicted octanol–water partition coefficient (Wildman–Crippen LogP) is 2.95. The lowest BCUT2D eigenvalue weighted by molar-refractivity contribution is -0.149. The highest BCUT2D eigenvalue weighted by molar-refractivity contribution is 5.80. The molecular weight excluding hydrogens is 403 g/mol. The van der Waals surface area contributed by atoms with E-state index in [1.165, 1.54) is 13.0 Å². The van der Waals surface area contributed by atoms with Crippen molar-refractivity contribution in [2.45, 2.75) is 46.3 Å². The van der Waals surface area contributed by atoms with Gasteiger partial charge in [-0.1, -0.05) is 19.8 Å². The van der Waals surface area contributed by atoms with Crippen LogP contribution in [0.5, 0.6) is 5.88 Å². The van der Waals surface area contributed by atoms with E-state index in [9.17, 15) is 27.9 Å². The van der Waals surface area contributed by atoms with Crippen LogP contribution in [0.3, 0.4) is 0 Å². The molecule has 0 saturated carbocycles. The number of carbonyl (C=O) groups is 1. The monoisotopic (exact) mass is 425 g/mol. The molecular formula is C20H22F3N3O4. The Morgan fingerprint density at radius 2 is 2.03 bits per heavy atom. The van der Waals surface area contributed by atoms with Gasteiger partial charge in [-0.05, 0) is 36.6 Å². The highest BCUT2D eigenvalue weighted by Gasteiger charge is 2.31. The van der Waals surface area contributed by atoms with Gasteiger partial charge < -0.3 is 15.2 Å². The lowest BCUT2D eigenvalue weighted by atomic mass is 10.0. The van der Waals surface area contributed by atoms with Crippen molar-refractivity contribution in [3.05, 3.63) is 46.0 Å². The molecule has 2 N–H and O–H groups in total. The van der Waals surface area contributed by atoms with E-state index < -0.39 is 42.1 Å². The minimum absolute atomic E-state index is 0.0588. The lowest BCUT2D eigenvalue weighted by Gasteiger charge is -2.23. The largest absolute Gasteiger partial charge is 0.493 e. The molecule has 0 spiro atoms. The van der Waals surface area contributed by atoms with E-state index in [4.69, 9.17) is 11.2 Å². The van der Waals surface area contributed by atoms with E-state index >= 15 is 0 Å².